The fraction of sp³-hybridized carbons (Fsp3) is 0.259. The fourth-order valence-corrected chi connectivity index (χ4v) is 3.78. The summed E-state index contributed by atoms with van der Waals surface area (Å²) < 4.78 is 30.4. The highest BCUT2D eigenvalue weighted by molar-refractivity contribution is 5.95. The van der Waals surface area contributed by atoms with Crippen molar-refractivity contribution in [2.45, 2.75) is 25.6 Å². The number of likely N-dealkylation sites (tertiary alicyclic amines) is 1. The highest BCUT2D eigenvalue weighted by atomic mass is 19.1. The Bertz CT molecular complexity index is 1280. The predicted molar refractivity (Wildman–Crippen MR) is 133 cm³/mol. The number of aliphatic carboxylic acids is 1. The molecule has 11 heteroatoms. The van der Waals surface area contributed by atoms with Gasteiger partial charge in [0.25, 0.3) is 5.91 Å². The van der Waals surface area contributed by atoms with Crippen molar-refractivity contribution in [3.63, 3.8) is 0 Å². The molecule has 0 spiro atoms. The molecule has 1 fully saturated rings. The van der Waals surface area contributed by atoms with Crippen molar-refractivity contribution in [1.29, 1.82) is 0 Å². The Morgan fingerprint density at radius 1 is 1.00 bits per heavy atom. The summed E-state index contributed by atoms with van der Waals surface area (Å²) in [7, 11) is 0. The summed E-state index contributed by atoms with van der Waals surface area (Å²) in [4.78, 5) is 40.6. The van der Waals surface area contributed by atoms with Crippen LogP contribution in [0.3, 0.4) is 0 Å². The van der Waals surface area contributed by atoms with Crippen molar-refractivity contribution in [2.24, 2.45) is 0 Å². The Kier molecular flexibility index (Phi) is 8.70. The minimum Gasteiger partial charge on any atom is -0.490 e. The molecule has 0 atom stereocenters. The maximum atomic E-state index is 13.3. The summed E-state index contributed by atoms with van der Waals surface area (Å²) in [6, 6.07) is 14.7. The van der Waals surface area contributed by atoms with Gasteiger partial charge < -0.3 is 29.5 Å². The molecule has 2 N–H and O–H groups in total. The molecule has 4 rings (SSSR count). The van der Waals surface area contributed by atoms with Gasteiger partial charge in [0, 0.05) is 32.1 Å². The number of piperidine rings is 1. The highest BCUT2D eigenvalue weighted by Gasteiger charge is 2.25. The van der Waals surface area contributed by atoms with Crippen LogP contribution in [0.25, 0.3) is 0 Å². The number of pyridine rings is 1. The Labute approximate surface area is 218 Å². The number of carboxylic acids is 1. The lowest BCUT2D eigenvalue weighted by Gasteiger charge is -2.31. The fourth-order valence-electron chi connectivity index (χ4n) is 3.78. The van der Waals surface area contributed by atoms with Crippen LogP contribution in [0.4, 0.5) is 9.18 Å². The van der Waals surface area contributed by atoms with Crippen LogP contribution in [-0.2, 0) is 11.4 Å². The molecule has 1 saturated heterocycles. The summed E-state index contributed by atoms with van der Waals surface area (Å²) in [6.07, 6.45) is 3.09. The lowest BCUT2D eigenvalue weighted by Crippen LogP contribution is -2.43. The number of carbonyl (C=O) groups is 3. The zero-order chi connectivity index (χ0) is 26.9. The third-order valence-corrected chi connectivity index (χ3v) is 5.70. The molecule has 2 amide bonds. The number of hydrogen-bond acceptors (Lipinski definition) is 7. The van der Waals surface area contributed by atoms with E-state index in [1.165, 1.54) is 30.6 Å². The predicted octanol–water partition coefficient (Wildman–Crippen LogP) is 3.66. The van der Waals surface area contributed by atoms with Gasteiger partial charge in [0.15, 0.2) is 5.75 Å². The third-order valence-electron chi connectivity index (χ3n) is 5.70. The first-order valence-corrected chi connectivity index (χ1v) is 11.9. The first-order chi connectivity index (χ1) is 18.4. The van der Waals surface area contributed by atoms with Crippen molar-refractivity contribution >= 4 is 18.0 Å². The molecule has 198 valence electrons. The number of ether oxygens (including phenoxy) is 3. The average molecular weight is 524 g/mol. The molecule has 1 aromatic heterocycles. The summed E-state index contributed by atoms with van der Waals surface area (Å²) in [5, 5.41) is 10.9. The van der Waals surface area contributed by atoms with Crippen LogP contribution < -0.4 is 19.5 Å². The van der Waals surface area contributed by atoms with Gasteiger partial charge in [0.2, 0.25) is 0 Å². The van der Waals surface area contributed by atoms with E-state index in [0.29, 0.717) is 37.4 Å². The van der Waals surface area contributed by atoms with E-state index in [2.05, 4.69) is 10.3 Å². The van der Waals surface area contributed by atoms with Crippen molar-refractivity contribution in [3.05, 3.63) is 83.9 Å². The van der Waals surface area contributed by atoms with Crippen LogP contribution in [0, 0.1) is 5.82 Å². The molecule has 0 radical (unpaired) electrons. The minimum atomic E-state index is -1.18. The quantitative estimate of drug-likeness (QED) is 0.435. The van der Waals surface area contributed by atoms with Gasteiger partial charge in [-0.2, -0.15) is 0 Å². The SMILES string of the molecule is O=C(O)CNC(=O)c1cncc(OC(=O)N2CCC(Oc3ccc(OCc4cccc(F)c4)cc3)CC2)c1. The van der Waals surface area contributed by atoms with Crippen LogP contribution >= 0.6 is 0 Å². The van der Waals surface area contributed by atoms with E-state index in [9.17, 15) is 18.8 Å². The number of nitrogens with one attached hydrogen (secondary N) is 1. The van der Waals surface area contributed by atoms with Crippen LogP contribution in [0.15, 0.2) is 67.0 Å². The zero-order valence-corrected chi connectivity index (χ0v) is 20.3. The van der Waals surface area contributed by atoms with Crippen molar-refractivity contribution in [2.75, 3.05) is 19.6 Å². The van der Waals surface area contributed by atoms with Gasteiger partial charge >= 0.3 is 12.1 Å². The second-order valence-electron chi connectivity index (χ2n) is 8.55. The standard InChI is InChI=1S/C27H26FN3O7/c28-20-3-1-2-18(12-20)17-36-21-4-6-22(7-5-21)37-23-8-10-31(11-9-23)27(35)38-24-13-19(14-29-15-24)26(34)30-16-25(32)33/h1-7,12-15,23H,8-11,16-17H2,(H,30,34)(H,32,33). The Hall–Kier alpha value is -4.67. The summed E-state index contributed by atoms with van der Waals surface area (Å²) in [5.74, 6) is -0.729. The normalized spacial score (nSPS) is 13.4. The third kappa shape index (κ3) is 7.66. The Balaban J connectivity index is 1.21. The molecular weight excluding hydrogens is 497 g/mol. The Morgan fingerprint density at radius 2 is 1.74 bits per heavy atom. The van der Waals surface area contributed by atoms with Crippen LogP contribution in [0.5, 0.6) is 17.2 Å². The summed E-state index contributed by atoms with van der Waals surface area (Å²) >= 11 is 0. The molecular formula is C27H26FN3O7. The molecule has 2 heterocycles. The lowest BCUT2D eigenvalue weighted by atomic mass is 10.1. The van der Waals surface area contributed by atoms with E-state index < -0.39 is 24.5 Å². The molecule has 38 heavy (non-hydrogen) atoms. The molecule has 1 aliphatic heterocycles. The molecule has 3 aromatic rings. The summed E-state index contributed by atoms with van der Waals surface area (Å²) in [6.45, 7) is 0.564. The van der Waals surface area contributed by atoms with E-state index >= 15 is 0 Å². The number of aromatic nitrogens is 1. The highest BCUT2D eigenvalue weighted by Crippen LogP contribution is 2.23. The first kappa shape index (κ1) is 26.4. The van der Waals surface area contributed by atoms with Gasteiger partial charge in [-0.05, 0) is 48.0 Å². The van der Waals surface area contributed by atoms with Crippen LogP contribution in [0.2, 0.25) is 0 Å². The number of hydrogen-bond donors (Lipinski definition) is 2. The average Bonchev–Trinajstić information content (AvgIpc) is 2.92. The van der Waals surface area contributed by atoms with Gasteiger partial charge in [-0.3, -0.25) is 14.6 Å². The smallest absolute Gasteiger partial charge is 0.415 e. The monoisotopic (exact) mass is 523 g/mol. The number of carbonyl (C=O) groups excluding carboxylic acids is 2. The topological polar surface area (TPSA) is 127 Å². The largest absolute Gasteiger partial charge is 0.490 e. The number of nitrogens with zero attached hydrogens (tertiary/aromatic N) is 2. The number of amides is 2. The lowest BCUT2D eigenvalue weighted by molar-refractivity contribution is -0.135. The van der Waals surface area contributed by atoms with E-state index in [4.69, 9.17) is 19.3 Å². The van der Waals surface area contributed by atoms with E-state index in [0.717, 1.165) is 5.56 Å². The van der Waals surface area contributed by atoms with Gasteiger partial charge in [-0.15, -0.1) is 0 Å². The second kappa shape index (κ2) is 12.5. The minimum absolute atomic E-state index is 0.0778. The van der Waals surface area contributed by atoms with Gasteiger partial charge in [0.1, 0.15) is 36.6 Å². The Morgan fingerprint density at radius 3 is 2.45 bits per heavy atom. The van der Waals surface area contributed by atoms with E-state index in [-0.39, 0.29) is 29.8 Å². The number of benzene rings is 2. The summed E-state index contributed by atoms with van der Waals surface area (Å²) in [5.41, 5.74) is 0.815. The number of carboxylic acid groups (broad SMARTS) is 1. The maximum Gasteiger partial charge on any atom is 0.415 e. The molecule has 1 aliphatic rings. The maximum absolute atomic E-state index is 13.3. The molecule has 0 aliphatic carbocycles. The second-order valence-corrected chi connectivity index (χ2v) is 8.55. The van der Waals surface area contributed by atoms with Crippen LogP contribution in [-0.4, -0.2) is 58.7 Å². The van der Waals surface area contributed by atoms with Gasteiger partial charge in [-0.1, -0.05) is 12.1 Å². The zero-order valence-electron chi connectivity index (χ0n) is 20.3. The molecule has 10 nitrogen and oxygen atoms in total. The number of rotatable bonds is 9. The molecule has 0 bridgehead atoms. The van der Waals surface area contributed by atoms with Gasteiger partial charge in [-0.25, -0.2) is 9.18 Å². The molecule has 0 saturated carbocycles. The van der Waals surface area contributed by atoms with Crippen LogP contribution in [0.1, 0.15) is 28.8 Å². The molecule has 0 unspecified atom stereocenters. The van der Waals surface area contributed by atoms with E-state index in [1.54, 1.807) is 41.3 Å². The van der Waals surface area contributed by atoms with Gasteiger partial charge in [0.05, 0.1) is 11.8 Å². The first-order valence-electron chi connectivity index (χ1n) is 11.9. The van der Waals surface area contributed by atoms with Crippen molar-refractivity contribution in [1.82, 2.24) is 15.2 Å². The van der Waals surface area contributed by atoms with E-state index in [1.807, 2.05) is 0 Å². The van der Waals surface area contributed by atoms with Crippen molar-refractivity contribution < 1.29 is 38.1 Å². The molecule has 2 aromatic carbocycles. The number of halogens is 1. The van der Waals surface area contributed by atoms with Crippen molar-refractivity contribution in [3.8, 4) is 17.2 Å².